The maximum Gasteiger partial charge on any atom is 0.180 e. The van der Waals surface area contributed by atoms with Crippen LogP contribution in [0.3, 0.4) is 0 Å². The van der Waals surface area contributed by atoms with Crippen molar-refractivity contribution in [3.05, 3.63) is 27.7 Å². The predicted molar refractivity (Wildman–Crippen MR) is 63.5 cm³/mol. The Hall–Kier alpha value is -0.870. The smallest absolute Gasteiger partial charge is 0.180 e. The standard InChI is InChI=1S/C11H14BrNO2/c1-3-7-4-8(12)5-9(10(14)6-13)11(7)15-2/h4-5H,3,6,13H2,1-2H3. The Morgan fingerprint density at radius 3 is 2.67 bits per heavy atom. The van der Waals surface area contributed by atoms with E-state index in [0.717, 1.165) is 16.5 Å². The lowest BCUT2D eigenvalue weighted by Gasteiger charge is -2.12. The molecular weight excluding hydrogens is 258 g/mol. The molecule has 2 N–H and O–H groups in total. The van der Waals surface area contributed by atoms with Crippen LogP contribution >= 0.6 is 15.9 Å². The topological polar surface area (TPSA) is 52.3 Å². The summed E-state index contributed by atoms with van der Waals surface area (Å²) < 4.78 is 6.12. The molecule has 3 nitrogen and oxygen atoms in total. The van der Waals surface area contributed by atoms with Crippen molar-refractivity contribution in [2.45, 2.75) is 13.3 Å². The minimum absolute atomic E-state index is 0.00400. The summed E-state index contributed by atoms with van der Waals surface area (Å²) in [5, 5.41) is 0. The van der Waals surface area contributed by atoms with Crippen LogP contribution in [0, 0.1) is 0 Å². The van der Waals surface area contributed by atoms with Crippen LogP contribution in [0.4, 0.5) is 0 Å². The van der Waals surface area contributed by atoms with Crippen molar-refractivity contribution in [3.63, 3.8) is 0 Å². The number of benzene rings is 1. The number of nitrogens with two attached hydrogens (primary N) is 1. The fourth-order valence-electron chi connectivity index (χ4n) is 1.47. The van der Waals surface area contributed by atoms with Gasteiger partial charge in [-0.05, 0) is 24.1 Å². The lowest BCUT2D eigenvalue weighted by molar-refractivity contribution is 0.0998. The summed E-state index contributed by atoms with van der Waals surface area (Å²) in [4.78, 5) is 11.6. The maximum absolute atomic E-state index is 11.6. The number of hydrogen-bond donors (Lipinski definition) is 1. The molecule has 0 saturated carbocycles. The lowest BCUT2D eigenvalue weighted by Crippen LogP contribution is -2.15. The van der Waals surface area contributed by atoms with Gasteiger partial charge in [-0.3, -0.25) is 4.79 Å². The Morgan fingerprint density at radius 2 is 2.20 bits per heavy atom. The first kappa shape index (κ1) is 12.2. The van der Waals surface area contributed by atoms with E-state index in [4.69, 9.17) is 10.5 Å². The molecule has 1 aromatic rings. The number of aryl methyl sites for hydroxylation is 1. The second kappa shape index (κ2) is 5.28. The van der Waals surface area contributed by atoms with E-state index in [-0.39, 0.29) is 12.3 Å². The highest BCUT2D eigenvalue weighted by molar-refractivity contribution is 9.10. The van der Waals surface area contributed by atoms with E-state index in [1.165, 1.54) is 0 Å². The van der Waals surface area contributed by atoms with Gasteiger partial charge in [0.05, 0.1) is 19.2 Å². The van der Waals surface area contributed by atoms with Crippen LogP contribution in [0.2, 0.25) is 0 Å². The molecule has 0 bridgehead atoms. The SMILES string of the molecule is CCc1cc(Br)cc(C(=O)CN)c1OC. The molecule has 1 rings (SSSR count). The van der Waals surface area contributed by atoms with Gasteiger partial charge < -0.3 is 10.5 Å². The third kappa shape index (κ3) is 2.58. The largest absolute Gasteiger partial charge is 0.496 e. The van der Waals surface area contributed by atoms with E-state index in [9.17, 15) is 4.79 Å². The predicted octanol–water partition coefficient (Wildman–Crippen LogP) is 2.16. The zero-order chi connectivity index (χ0) is 11.4. The fraction of sp³-hybridized carbons (Fsp3) is 0.364. The number of carbonyl (C=O) groups excluding carboxylic acids is 1. The number of rotatable bonds is 4. The first-order valence-electron chi connectivity index (χ1n) is 4.73. The van der Waals surface area contributed by atoms with Crippen molar-refractivity contribution in [2.75, 3.05) is 13.7 Å². The third-order valence-corrected chi connectivity index (χ3v) is 2.66. The summed E-state index contributed by atoms with van der Waals surface area (Å²) in [7, 11) is 1.57. The highest BCUT2D eigenvalue weighted by Gasteiger charge is 2.15. The lowest BCUT2D eigenvalue weighted by atomic mass is 10.0. The zero-order valence-corrected chi connectivity index (χ0v) is 10.4. The van der Waals surface area contributed by atoms with E-state index in [1.807, 2.05) is 13.0 Å². The second-order valence-corrected chi connectivity index (χ2v) is 4.04. The normalized spacial score (nSPS) is 10.1. The second-order valence-electron chi connectivity index (χ2n) is 3.13. The molecule has 0 aliphatic carbocycles. The molecule has 82 valence electrons. The van der Waals surface area contributed by atoms with Crippen molar-refractivity contribution in [1.82, 2.24) is 0 Å². The van der Waals surface area contributed by atoms with Crippen LogP contribution in [0.1, 0.15) is 22.8 Å². The summed E-state index contributed by atoms with van der Waals surface area (Å²) in [6, 6.07) is 3.69. The van der Waals surface area contributed by atoms with Crippen LogP contribution in [-0.2, 0) is 6.42 Å². The maximum atomic E-state index is 11.6. The number of carbonyl (C=O) groups is 1. The van der Waals surface area contributed by atoms with Crippen LogP contribution in [-0.4, -0.2) is 19.4 Å². The molecular formula is C11H14BrNO2. The number of ether oxygens (including phenoxy) is 1. The number of Topliss-reactive ketones (excluding diaryl/α,β-unsaturated/α-hetero) is 1. The molecule has 0 spiro atoms. The molecule has 1 aromatic carbocycles. The minimum atomic E-state index is -0.108. The van der Waals surface area contributed by atoms with Gasteiger partial charge in [0.2, 0.25) is 0 Å². The molecule has 0 saturated heterocycles. The average molecular weight is 272 g/mol. The average Bonchev–Trinajstić information content (AvgIpc) is 2.26. The summed E-state index contributed by atoms with van der Waals surface area (Å²) in [6.45, 7) is 2.01. The van der Waals surface area contributed by atoms with Gasteiger partial charge in [0, 0.05) is 4.47 Å². The van der Waals surface area contributed by atoms with Crippen molar-refractivity contribution < 1.29 is 9.53 Å². The Balaban J connectivity index is 3.35. The number of ketones is 1. The molecule has 0 amide bonds. The molecule has 0 aliphatic rings. The van der Waals surface area contributed by atoms with Gasteiger partial charge in [0.1, 0.15) is 5.75 Å². The van der Waals surface area contributed by atoms with E-state index in [1.54, 1.807) is 13.2 Å². The molecule has 0 fully saturated rings. The quantitative estimate of drug-likeness (QED) is 0.854. The third-order valence-electron chi connectivity index (χ3n) is 2.20. The number of halogens is 1. The van der Waals surface area contributed by atoms with Gasteiger partial charge >= 0.3 is 0 Å². The van der Waals surface area contributed by atoms with Crippen molar-refractivity contribution >= 4 is 21.7 Å². The Bertz CT molecular complexity index is 377. The first-order valence-corrected chi connectivity index (χ1v) is 5.53. The molecule has 0 atom stereocenters. The van der Waals surface area contributed by atoms with Crippen LogP contribution in [0.15, 0.2) is 16.6 Å². The zero-order valence-electron chi connectivity index (χ0n) is 8.84. The molecule has 0 heterocycles. The van der Waals surface area contributed by atoms with Gasteiger partial charge in [-0.2, -0.15) is 0 Å². The van der Waals surface area contributed by atoms with Gasteiger partial charge in [-0.1, -0.05) is 22.9 Å². The van der Waals surface area contributed by atoms with E-state index >= 15 is 0 Å². The summed E-state index contributed by atoms with van der Waals surface area (Å²) in [5.74, 6) is 0.527. The molecule has 15 heavy (non-hydrogen) atoms. The van der Waals surface area contributed by atoms with Crippen LogP contribution in [0.25, 0.3) is 0 Å². The number of hydrogen-bond acceptors (Lipinski definition) is 3. The molecule has 4 heteroatoms. The van der Waals surface area contributed by atoms with E-state index in [2.05, 4.69) is 15.9 Å². The highest BCUT2D eigenvalue weighted by atomic mass is 79.9. The van der Waals surface area contributed by atoms with Crippen LogP contribution < -0.4 is 10.5 Å². The van der Waals surface area contributed by atoms with Crippen molar-refractivity contribution in [1.29, 1.82) is 0 Å². The van der Waals surface area contributed by atoms with Crippen molar-refractivity contribution in [3.8, 4) is 5.75 Å². The molecule has 0 unspecified atom stereocenters. The summed E-state index contributed by atoms with van der Waals surface area (Å²) in [6.07, 6.45) is 0.813. The Labute approximate surface area is 97.7 Å². The molecule has 0 aromatic heterocycles. The Morgan fingerprint density at radius 1 is 1.53 bits per heavy atom. The van der Waals surface area contributed by atoms with Gasteiger partial charge in [-0.25, -0.2) is 0 Å². The first-order chi connectivity index (χ1) is 7.13. The van der Waals surface area contributed by atoms with Crippen molar-refractivity contribution in [2.24, 2.45) is 5.73 Å². The molecule has 0 radical (unpaired) electrons. The van der Waals surface area contributed by atoms with Gasteiger partial charge in [0.15, 0.2) is 5.78 Å². The Kier molecular flexibility index (Phi) is 4.29. The fourth-order valence-corrected chi connectivity index (χ4v) is 1.98. The number of methoxy groups -OCH3 is 1. The highest BCUT2D eigenvalue weighted by Crippen LogP contribution is 2.29. The minimum Gasteiger partial charge on any atom is -0.496 e. The molecule has 0 aliphatic heterocycles. The van der Waals surface area contributed by atoms with Gasteiger partial charge in [0.25, 0.3) is 0 Å². The van der Waals surface area contributed by atoms with Crippen LogP contribution in [0.5, 0.6) is 5.75 Å². The summed E-state index contributed by atoms with van der Waals surface area (Å²) >= 11 is 3.37. The monoisotopic (exact) mass is 271 g/mol. The van der Waals surface area contributed by atoms with Gasteiger partial charge in [-0.15, -0.1) is 0 Å². The summed E-state index contributed by atoms with van der Waals surface area (Å²) in [5.41, 5.74) is 6.90. The van der Waals surface area contributed by atoms with E-state index in [0.29, 0.717) is 11.3 Å². The van der Waals surface area contributed by atoms with E-state index < -0.39 is 0 Å².